The highest BCUT2D eigenvalue weighted by atomic mass is 79.9. The molecule has 3 rings (SSSR count). The van der Waals surface area contributed by atoms with E-state index in [1.807, 2.05) is 35.8 Å². The van der Waals surface area contributed by atoms with Crippen LogP contribution < -0.4 is 0 Å². The van der Waals surface area contributed by atoms with Gasteiger partial charge in [0.15, 0.2) is 0 Å². The van der Waals surface area contributed by atoms with Crippen LogP contribution in [0.25, 0.3) is 16.7 Å². The van der Waals surface area contributed by atoms with Crippen molar-refractivity contribution < 1.29 is 4.39 Å². The van der Waals surface area contributed by atoms with Gasteiger partial charge in [0.25, 0.3) is 0 Å². The Bertz CT molecular complexity index is 813. The van der Waals surface area contributed by atoms with E-state index < -0.39 is 0 Å². The van der Waals surface area contributed by atoms with Crippen molar-refractivity contribution in [3.05, 3.63) is 58.1 Å². The summed E-state index contributed by atoms with van der Waals surface area (Å²) in [6, 6.07) is 11.0. The van der Waals surface area contributed by atoms with Crippen molar-refractivity contribution in [2.24, 2.45) is 0 Å². The van der Waals surface area contributed by atoms with Gasteiger partial charge in [-0.15, -0.1) is 11.6 Å². The Labute approximate surface area is 135 Å². The monoisotopic (exact) mass is 366 g/mol. The number of fused-ring (bicyclic) bond motifs is 1. The normalized spacial score (nSPS) is 11.2. The van der Waals surface area contributed by atoms with Gasteiger partial charge < -0.3 is 0 Å². The van der Waals surface area contributed by atoms with Gasteiger partial charge in [0.2, 0.25) is 0 Å². The molecule has 0 radical (unpaired) electrons. The Kier molecular flexibility index (Phi) is 4.00. The van der Waals surface area contributed by atoms with Gasteiger partial charge in [-0.1, -0.05) is 22.0 Å². The number of imidazole rings is 1. The maximum atomic E-state index is 14.3. The first-order valence-corrected chi connectivity index (χ1v) is 7.92. The van der Waals surface area contributed by atoms with Crippen LogP contribution in [0.5, 0.6) is 0 Å². The summed E-state index contributed by atoms with van der Waals surface area (Å²) in [5.74, 6) is 0.923. The van der Waals surface area contributed by atoms with E-state index in [-0.39, 0.29) is 5.82 Å². The standard InChI is InChI=1S/C16H13BrClFN2/c1-10-2-4-15-13(8-10)20-16(6-7-18)21(15)14-5-3-11(17)9-12(14)19/h2-5,8-9H,6-7H2,1H3. The zero-order chi connectivity index (χ0) is 15.0. The number of alkyl halides is 1. The van der Waals surface area contributed by atoms with Crippen LogP contribution >= 0.6 is 27.5 Å². The molecule has 0 aliphatic carbocycles. The van der Waals surface area contributed by atoms with Crippen molar-refractivity contribution in [3.63, 3.8) is 0 Å². The Morgan fingerprint density at radius 2 is 2.05 bits per heavy atom. The topological polar surface area (TPSA) is 17.8 Å². The molecule has 3 aromatic rings. The Balaban J connectivity index is 2.30. The summed E-state index contributed by atoms with van der Waals surface area (Å²) in [7, 11) is 0. The van der Waals surface area contributed by atoms with E-state index in [2.05, 4.69) is 20.9 Å². The number of hydrogen-bond donors (Lipinski definition) is 0. The molecule has 21 heavy (non-hydrogen) atoms. The SMILES string of the molecule is Cc1ccc2c(c1)nc(CCCl)n2-c1ccc(Br)cc1F. The van der Waals surface area contributed by atoms with Crippen molar-refractivity contribution in [2.45, 2.75) is 13.3 Å². The molecule has 0 unspecified atom stereocenters. The molecule has 1 heterocycles. The van der Waals surface area contributed by atoms with E-state index in [1.165, 1.54) is 6.07 Å². The average molecular weight is 368 g/mol. The molecule has 5 heteroatoms. The first-order chi connectivity index (χ1) is 10.1. The molecule has 0 aliphatic heterocycles. The van der Waals surface area contributed by atoms with Crippen LogP contribution in [0, 0.1) is 12.7 Å². The molecule has 2 nitrogen and oxygen atoms in total. The van der Waals surface area contributed by atoms with Gasteiger partial charge in [0, 0.05) is 16.8 Å². The fourth-order valence-corrected chi connectivity index (χ4v) is 2.93. The fourth-order valence-electron chi connectivity index (χ4n) is 2.42. The maximum Gasteiger partial charge on any atom is 0.148 e. The van der Waals surface area contributed by atoms with Crippen LogP contribution in [0.2, 0.25) is 0 Å². The number of aromatic nitrogens is 2. The number of aryl methyl sites for hydroxylation is 2. The third kappa shape index (κ3) is 2.70. The first-order valence-electron chi connectivity index (χ1n) is 6.59. The van der Waals surface area contributed by atoms with Crippen LogP contribution in [0.3, 0.4) is 0 Å². The molecule has 2 aromatic carbocycles. The molecule has 0 spiro atoms. The molecule has 0 fully saturated rings. The smallest absolute Gasteiger partial charge is 0.148 e. The van der Waals surface area contributed by atoms with E-state index >= 15 is 0 Å². The molecule has 1 aromatic heterocycles. The number of rotatable bonds is 3. The van der Waals surface area contributed by atoms with Gasteiger partial charge in [-0.25, -0.2) is 9.37 Å². The summed E-state index contributed by atoms with van der Waals surface area (Å²) in [6.07, 6.45) is 0.588. The van der Waals surface area contributed by atoms with Gasteiger partial charge in [0.1, 0.15) is 11.6 Å². The molecule has 0 atom stereocenters. The van der Waals surface area contributed by atoms with Crippen LogP contribution in [-0.4, -0.2) is 15.4 Å². The van der Waals surface area contributed by atoms with E-state index in [9.17, 15) is 4.39 Å². The molecule has 0 bridgehead atoms. The highest BCUT2D eigenvalue weighted by Crippen LogP contribution is 2.26. The minimum Gasteiger partial charge on any atom is -0.293 e. The predicted octanol–water partition coefficient (Wildman–Crippen LogP) is 5.02. The lowest BCUT2D eigenvalue weighted by Crippen LogP contribution is -2.04. The molecule has 0 aliphatic rings. The molecular weight excluding hydrogens is 355 g/mol. The van der Waals surface area contributed by atoms with Crippen LogP contribution in [0.1, 0.15) is 11.4 Å². The summed E-state index contributed by atoms with van der Waals surface area (Å²) in [4.78, 5) is 4.60. The van der Waals surface area contributed by atoms with Gasteiger partial charge in [-0.2, -0.15) is 0 Å². The summed E-state index contributed by atoms with van der Waals surface area (Å²) >= 11 is 9.15. The highest BCUT2D eigenvalue weighted by molar-refractivity contribution is 9.10. The second kappa shape index (κ2) is 5.78. The predicted molar refractivity (Wildman–Crippen MR) is 87.9 cm³/mol. The largest absolute Gasteiger partial charge is 0.293 e. The van der Waals surface area contributed by atoms with Gasteiger partial charge >= 0.3 is 0 Å². The lowest BCUT2D eigenvalue weighted by molar-refractivity contribution is 0.616. The lowest BCUT2D eigenvalue weighted by atomic mass is 10.2. The lowest BCUT2D eigenvalue weighted by Gasteiger charge is -2.10. The van der Waals surface area contributed by atoms with Crippen LogP contribution in [0.4, 0.5) is 4.39 Å². The van der Waals surface area contributed by atoms with Crippen molar-refractivity contribution in [3.8, 4) is 5.69 Å². The summed E-state index contributed by atoms with van der Waals surface area (Å²) in [5, 5.41) is 0. The summed E-state index contributed by atoms with van der Waals surface area (Å²) < 4.78 is 16.9. The Morgan fingerprint density at radius 1 is 1.24 bits per heavy atom. The van der Waals surface area contributed by atoms with E-state index in [0.717, 1.165) is 22.4 Å². The average Bonchev–Trinajstić information content (AvgIpc) is 2.76. The number of benzene rings is 2. The molecule has 0 saturated heterocycles. The molecular formula is C16H13BrClFN2. The number of nitrogens with zero attached hydrogens (tertiary/aromatic N) is 2. The van der Waals surface area contributed by atoms with Crippen LogP contribution in [-0.2, 0) is 6.42 Å². The second-order valence-corrected chi connectivity index (χ2v) is 6.18. The zero-order valence-electron chi connectivity index (χ0n) is 11.4. The third-order valence-corrected chi connectivity index (χ3v) is 4.03. The van der Waals surface area contributed by atoms with E-state index in [1.54, 1.807) is 6.07 Å². The minimum atomic E-state index is -0.292. The van der Waals surface area contributed by atoms with Crippen LogP contribution in [0.15, 0.2) is 40.9 Å². The van der Waals surface area contributed by atoms with Gasteiger partial charge in [-0.05, 0) is 42.8 Å². The fraction of sp³-hybridized carbons (Fsp3) is 0.188. The highest BCUT2D eigenvalue weighted by Gasteiger charge is 2.15. The molecule has 108 valence electrons. The summed E-state index contributed by atoms with van der Waals surface area (Å²) in [6.45, 7) is 2.01. The zero-order valence-corrected chi connectivity index (χ0v) is 13.7. The molecule has 0 N–H and O–H groups in total. The van der Waals surface area contributed by atoms with Crippen molar-refractivity contribution in [1.29, 1.82) is 0 Å². The summed E-state index contributed by atoms with van der Waals surface area (Å²) in [5.41, 5.74) is 3.37. The van der Waals surface area contributed by atoms with Crippen molar-refractivity contribution in [1.82, 2.24) is 9.55 Å². The minimum absolute atomic E-state index is 0.292. The third-order valence-electron chi connectivity index (χ3n) is 3.35. The Morgan fingerprint density at radius 3 is 2.76 bits per heavy atom. The Hall–Kier alpha value is -1.39. The molecule has 0 amide bonds. The van der Waals surface area contributed by atoms with Crippen molar-refractivity contribution in [2.75, 3.05) is 5.88 Å². The maximum absolute atomic E-state index is 14.3. The van der Waals surface area contributed by atoms with E-state index in [0.29, 0.717) is 22.5 Å². The molecule has 0 saturated carbocycles. The second-order valence-electron chi connectivity index (χ2n) is 4.89. The number of hydrogen-bond acceptors (Lipinski definition) is 1. The van der Waals surface area contributed by atoms with Crippen molar-refractivity contribution >= 4 is 38.6 Å². The van der Waals surface area contributed by atoms with Gasteiger partial charge in [0.05, 0.1) is 16.7 Å². The van der Waals surface area contributed by atoms with Gasteiger partial charge in [-0.3, -0.25) is 4.57 Å². The first kappa shape index (κ1) is 14.5. The van der Waals surface area contributed by atoms with E-state index in [4.69, 9.17) is 11.6 Å². The number of halogens is 3. The quantitative estimate of drug-likeness (QED) is 0.595.